The number of rotatable bonds is 6. The molecule has 5 nitrogen and oxygen atoms in total. The summed E-state index contributed by atoms with van der Waals surface area (Å²) >= 11 is 6.17. The molecule has 0 N–H and O–H groups in total. The quantitative estimate of drug-likeness (QED) is 0.810. The van der Waals surface area contributed by atoms with Crippen LogP contribution in [-0.4, -0.2) is 41.3 Å². The standard InChI is InChI=1S/C17H22ClN3O2/c1-21(11-14-7-4-5-9-22-14)12-17-19-16(20-23-17)10-13-6-2-3-8-15(13)18/h2-3,6,8,14H,4-5,7,9-12H2,1H3/t14-/m1/s1. The van der Waals surface area contributed by atoms with Gasteiger partial charge in [-0.25, -0.2) is 0 Å². The van der Waals surface area contributed by atoms with E-state index in [1.165, 1.54) is 12.8 Å². The molecular weight excluding hydrogens is 314 g/mol. The summed E-state index contributed by atoms with van der Waals surface area (Å²) in [6.45, 7) is 2.40. The van der Waals surface area contributed by atoms with Gasteiger partial charge >= 0.3 is 0 Å². The van der Waals surface area contributed by atoms with Gasteiger partial charge in [-0.05, 0) is 37.9 Å². The Labute approximate surface area is 141 Å². The Morgan fingerprint density at radius 2 is 2.17 bits per heavy atom. The van der Waals surface area contributed by atoms with Crippen molar-refractivity contribution in [1.82, 2.24) is 15.0 Å². The lowest BCUT2D eigenvalue weighted by atomic mass is 10.1. The molecule has 1 aromatic carbocycles. The topological polar surface area (TPSA) is 51.4 Å². The minimum Gasteiger partial charge on any atom is -0.377 e. The van der Waals surface area contributed by atoms with E-state index in [4.69, 9.17) is 20.9 Å². The molecule has 0 aliphatic carbocycles. The Morgan fingerprint density at radius 1 is 1.30 bits per heavy atom. The van der Waals surface area contributed by atoms with Gasteiger partial charge < -0.3 is 9.26 Å². The molecule has 3 rings (SSSR count). The SMILES string of the molecule is CN(Cc1nc(Cc2ccccc2Cl)no1)C[C@H]1CCCCO1. The third-order valence-corrected chi connectivity index (χ3v) is 4.38. The molecule has 23 heavy (non-hydrogen) atoms. The van der Waals surface area contributed by atoms with E-state index in [0.717, 1.165) is 30.2 Å². The minimum absolute atomic E-state index is 0.319. The normalized spacial score (nSPS) is 18.5. The predicted octanol–water partition coefficient (Wildman–Crippen LogP) is 3.31. The van der Waals surface area contributed by atoms with E-state index in [9.17, 15) is 0 Å². The van der Waals surface area contributed by atoms with Crippen LogP contribution < -0.4 is 0 Å². The van der Waals surface area contributed by atoms with Crippen LogP contribution in [0.3, 0.4) is 0 Å². The molecule has 0 bridgehead atoms. The summed E-state index contributed by atoms with van der Waals surface area (Å²) in [6.07, 6.45) is 4.46. The summed E-state index contributed by atoms with van der Waals surface area (Å²) < 4.78 is 11.1. The average Bonchev–Trinajstić information content (AvgIpc) is 2.97. The third kappa shape index (κ3) is 4.77. The van der Waals surface area contributed by atoms with E-state index >= 15 is 0 Å². The number of nitrogens with zero attached hydrogens (tertiary/aromatic N) is 3. The van der Waals surface area contributed by atoms with Gasteiger partial charge in [-0.3, -0.25) is 4.90 Å². The van der Waals surface area contributed by atoms with Gasteiger partial charge in [0, 0.05) is 24.6 Å². The number of aromatic nitrogens is 2. The number of halogens is 1. The minimum atomic E-state index is 0.319. The first-order valence-electron chi connectivity index (χ1n) is 8.06. The van der Waals surface area contributed by atoms with Crippen LogP contribution in [-0.2, 0) is 17.7 Å². The second kappa shape index (κ2) is 7.90. The molecule has 1 saturated heterocycles. The van der Waals surface area contributed by atoms with Crippen molar-refractivity contribution < 1.29 is 9.26 Å². The molecule has 0 unspecified atom stereocenters. The fraction of sp³-hybridized carbons (Fsp3) is 0.529. The smallest absolute Gasteiger partial charge is 0.240 e. The largest absolute Gasteiger partial charge is 0.377 e. The summed E-state index contributed by atoms with van der Waals surface area (Å²) in [5, 5.41) is 4.78. The number of hydrogen-bond donors (Lipinski definition) is 0. The Kier molecular flexibility index (Phi) is 5.65. The highest BCUT2D eigenvalue weighted by molar-refractivity contribution is 6.31. The molecular formula is C17H22ClN3O2. The first-order valence-corrected chi connectivity index (χ1v) is 8.43. The van der Waals surface area contributed by atoms with Crippen molar-refractivity contribution in [3.8, 4) is 0 Å². The monoisotopic (exact) mass is 335 g/mol. The van der Waals surface area contributed by atoms with Crippen molar-refractivity contribution in [3.05, 3.63) is 46.6 Å². The molecule has 0 spiro atoms. The number of ether oxygens (including phenoxy) is 1. The number of benzene rings is 1. The molecule has 1 aliphatic rings. The number of likely N-dealkylation sites (N-methyl/N-ethyl adjacent to an activating group) is 1. The van der Waals surface area contributed by atoms with Crippen LogP contribution in [0.2, 0.25) is 5.02 Å². The summed E-state index contributed by atoms with van der Waals surface area (Å²) in [6, 6.07) is 7.72. The van der Waals surface area contributed by atoms with Crippen LogP contribution in [0.25, 0.3) is 0 Å². The Bertz CT molecular complexity index is 626. The van der Waals surface area contributed by atoms with Crippen LogP contribution in [0.5, 0.6) is 0 Å². The summed E-state index contributed by atoms with van der Waals surface area (Å²) in [5.74, 6) is 1.29. The highest BCUT2D eigenvalue weighted by atomic mass is 35.5. The van der Waals surface area contributed by atoms with Gasteiger partial charge in [0.2, 0.25) is 5.89 Å². The van der Waals surface area contributed by atoms with Gasteiger partial charge in [0.25, 0.3) is 0 Å². The highest BCUT2D eigenvalue weighted by Crippen LogP contribution is 2.18. The van der Waals surface area contributed by atoms with E-state index in [1.54, 1.807) is 0 Å². The van der Waals surface area contributed by atoms with E-state index < -0.39 is 0 Å². The fourth-order valence-corrected chi connectivity index (χ4v) is 3.04. The van der Waals surface area contributed by atoms with Gasteiger partial charge in [-0.2, -0.15) is 4.98 Å². The van der Waals surface area contributed by atoms with Crippen LogP contribution in [0.15, 0.2) is 28.8 Å². The van der Waals surface area contributed by atoms with Crippen LogP contribution >= 0.6 is 11.6 Å². The summed E-state index contributed by atoms with van der Waals surface area (Å²) in [7, 11) is 2.05. The maximum absolute atomic E-state index is 6.17. The molecule has 0 radical (unpaired) electrons. The van der Waals surface area contributed by atoms with Gasteiger partial charge in [-0.15, -0.1) is 0 Å². The molecule has 1 atom stereocenters. The molecule has 6 heteroatoms. The van der Waals surface area contributed by atoms with Gasteiger partial charge in [0.05, 0.1) is 12.6 Å². The van der Waals surface area contributed by atoms with Crippen molar-refractivity contribution in [3.63, 3.8) is 0 Å². The Hall–Kier alpha value is -1.43. The third-order valence-electron chi connectivity index (χ3n) is 4.01. The molecule has 124 valence electrons. The van der Waals surface area contributed by atoms with Crippen molar-refractivity contribution in [2.24, 2.45) is 0 Å². The van der Waals surface area contributed by atoms with Crippen molar-refractivity contribution in [2.45, 2.75) is 38.3 Å². The molecule has 1 aromatic heterocycles. The zero-order valence-corrected chi connectivity index (χ0v) is 14.1. The van der Waals surface area contributed by atoms with Gasteiger partial charge in [0.15, 0.2) is 5.82 Å². The van der Waals surface area contributed by atoms with E-state index in [-0.39, 0.29) is 0 Å². The van der Waals surface area contributed by atoms with E-state index in [2.05, 4.69) is 22.1 Å². The zero-order valence-electron chi connectivity index (χ0n) is 13.4. The zero-order chi connectivity index (χ0) is 16.1. The maximum Gasteiger partial charge on any atom is 0.240 e. The predicted molar refractivity (Wildman–Crippen MR) is 88.5 cm³/mol. The fourth-order valence-electron chi connectivity index (χ4n) is 2.83. The molecule has 0 amide bonds. The maximum atomic E-state index is 6.17. The first kappa shape index (κ1) is 16.4. The lowest BCUT2D eigenvalue weighted by Gasteiger charge is -2.26. The Balaban J connectivity index is 1.53. The van der Waals surface area contributed by atoms with Crippen molar-refractivity contribution in [2.75, 3.05) is 20.2 Å². The van der Waals surface area contributed by atoms with Gasteiger partial charge in [0.1, 0.15) is 0 Å². The van der Waals surface area contributed by atoms with Crippen molar-refractivity contribution >= 4 is 11.6 Å². The average molecular weight is 336 g/mol. The van der Waals surface area contributed by atoms with E-state index in [0.29, 0.717) is 30.8 Å². The highest BCUT2D eigenvalue weighted by Gasteiger charge is 2.17. The van der Waals surface area contributed by atoms with Crippen LogP contribution in [0.4, 0.5) is 0 Å². The molecule has 1 aliphatic heterocycles. The van der Waals surface area contributed by atoms with Gasteiger partial charge in [-0.1, -0.05) is 35.0 Å². The molecule has 1 fully saturated rings. The number of hydrogen-bond acceptors (Lipinski definition) is 5. The Morgan fingerprint density at radius 3 is 2.96 bits per heavy atom. The lowest BCUT2D eigenvalue weighted by Crippen LogP contribution is -2.33. The van der Waals surface area contributed by atoms with Crippen LogP contribution in [0, 0.1) is 0 Å². The van der Waals surface area contributed by atoms with Crippen molar-refractivity contribution in [1.29, 1.82) is 0 Å². The second-order valence-corrected chi connectivity index (χ2v) is 6.47. The first-order chi connectivity index (χ1) is 11.2. The summed E-state index contributed by atoms with van der Waals surface area (Å²) in [4.78, 5) is 6.63. The molecule has 2 heterocycles. The van der Waals surface area contributed by atoms with Crippen LogP contribution in [0.1, 0.15) is 36.5 Å². The lowest BCUT2D eigenvalue weighted by molar-refractivity contribution is -0.00382. The second-order valence-electron chi connectivity index (χ2n) is 6.06. The van der Waals surface area contributed by atoms with E-state index in [1.807, 2.05) is 24.3 Å². The molecule has 2 aromatic rings. The summed E-state index contributed by atoms with van der Waals surface area (Å²) in [5.41, 5.74) is 1.01. The molecule has 0 saturated carbocycles.